The lowest BCUT2D eigenvalue weighted by atomic mass is 9.95. The molecule has 4 nitrogen and oxygen atoms in total. The molecule has 0 aliphatic heterocycles. The molecule has 1 saturated carbocycles. The Bertz CT molecular complexity index is 571. The number of hydrogen-bond acceptors (Lipinski definition) is 2. The van der Waals surface area contributed by atoms with Crippen molar-refractivity contribution in [3.05, 3.63) is 26.7 Å². The molecule has 21 heavy (non-hydrogen) atoms. The number of anilines is 1. The topological polar surface area (TPSA) is 66.4 Å². The fraction of sp³-hybridized carbons (Fsp3) is 0.429. The molecule has 3 atom stereocenters. The Labute approximate surface area is 140 Å². The molecule has 2 N–H and O–H groups in total. The van der Waals surface area contributed by atoms with Crippen LogP contribution in [0.3, 0.4) is 0 Å². The summed E-state index contributed by atoms with van der Waals surface area (Å²) in [6, 6.07) is 3.24. The molecule has 0 spiro atoms. The minimum Gasteiger partial charge on any atom is -0.481 e. The number of amides is 1. The highest BCUT2D eigenvalue weighted by molar-refractivity contribution is 9.10. The monoisotopic (exact) mass is 393 g/mol. The Hall–Kier alpha value is -0.780. The molecule has 1 aliphatic rings. The van der Waals surface area contributed by atoms with Gasteiger partial charge in [-0.1, -0.05) is 46.1 Å². The van der Waals surface area contributed by atoms with Gasteiger partial charge < -0.3 is 10.4 Å². The average molecular weight is 395 g/mol. The normalized spacial score (nSPS) is 24.9. The van der Waals surface area contributed by atoms with E-state index in [0.29, 0.717) is 33.0 Å². The van der Waals surface area contributed by atoms with Gasteiger partial charge in [-0.15, -0.1) is 0 Å². The number of carbonyl (C=O) groups excluding carboxylic acids is 1. The average Bonchev–Trinajstić information content (AvgIpc) is 2.76. The molecule has 0 saturated heterocycles. The van der Waals surface area contributed by atoms with Crippen LogP contribution in [0.4, 0.5) is 5.69 Å². The number of aliphatic carboxylic acids is 1. The van der Waals surface area contributed by atoms with E-state index in [-0.39, 0.29) is 11.8 Å². The Morgan fingerprint density at radius 3 is 2.29 bits per heavy atom. The quantitative estimate of drug-likeness (QED) is 0.796. The van der Waals surface area contributed by atoms with Crippen LogP contribution in [-0.4, -0.2) is 17.0 Å². The fourth-order valence-electron chi connectivity index (χ4n) is 2.73. The van der Waals surface area contributed by atoms with Crippen LogP contribution in [0.2, 0.25) is 10.0 Å². The standard InChI is InChI=1S/C14H14BrCl2NO3/c1-6-2-8(9(3-6)14(20)21)13(19)18-12-10(16)4-7(15)5-11(12)17/h4-6,8-9H,2-3H2,1H3,(H,18,19)(H,20,21)/t6?,8-,9+/m0/s1. The zero-order valence-electron chi connectivity index (χ0n) is 11.2. The van der Waals surface area contributed by atoms with Crippen LogP contribution in [0.1, 0.15) is 19.8 Å². The van der Waals surface area contributed by atoms with Gasteiger partial charge in [-0.2, -0.15) is 0 Å². The molecule has 2 rings (SSSR count). The van der Waals surface area contributed by atoms with E-state index >= 15 is 0 Å². The predicted molar refractivity (Wildman–Crippen MR) is 85.8 cm³/mol. The van der Waals surface area contributed by atoms with Crippen molar-refractivity contribution < 1.29 is 14.7 Å². The molecule has 0 radical (unpaired) electrons. The molecule has 1 aliphatic carbocycles. The molecule has 0 bridgehead atoms. The van der Waals surface area contributed by atoms with Crippen molar-refractivity contribution in [2.75, 3.05) is 5.32 Å². The first-order valence-corrected chi connectivity index (χ1v) is 8.02. The second-order valence-corrected chi connectivity index (χ2v) is 7.09. The van der Waals surface area contributed by atoms with Gasteiger partial charge in [-0.25, -0.2) is 0 Å². The Morgan fingerprint density at radius 1 is 1.24 bits per heavy atom. The number of halogens is 3. The Kier molecular flexibility index (Phi) is 5.17. The molecule has 1 aromatic carbocycles. The first-order valence-electron chi connectivity index (χ1n) is 6.47. The molecule has 0 heterocycles. The summed E-state index contributed by atoms with van der Waals surface area (Å²) in [6.45, 7) is 1.95. The van der Waals surface area contributed by atoms with Crippen LogP contribution >= 0.6 is 39.1 Å². The van der Waals surface area contributed by atoms with Gasteiger partial charge in [0.05, 0.1) is 27.6 Å². The van der Waals surface area contributed by atoms with Crippen molar-refractivity contribution in [2.45, 2.75) is 19.8 Å². The van der Waals surface area contributed by atoms with E-state index in [1.807, 2.05) is 6.92 Å². The van der Waals surface area contributed by atoms with Crippen molar-refractivity contribution in [1.82, 2.24) is 0 Å². The van der Waals surface area contributed by atoms with Crippen LogP contribution in [0.5, 0.6) is 0 Å². The Morgan fingerprint density at radius 2 is 1.76 bits per heavy atom. The van der Waals surface area contributed by atoms with Crippen LogP contribution < -0.4 is 5.32 Å². The van der Waals surface area contributed by atoms with Crippen LogP contribution in [-0.2, 0) is 9.59 Å². The third kappa shape index (κ3) is 3.71. The molecule has 1 unspecified atom stereocenters. The van der Waals surface area contributed by atoms with Gasteiger partial charge in [0.1, 0.15) is 0 Å². The summed E-state index contributed by atoms with van der Waals surface area (Å²) in [4.78, 5) is 23.6. The number of rotatable bonds is 3. The molecular weight excluding hydrogens is 381 g/mol. The van der Waals surface area contributed by atoms with Crippen molar-refractivity contribution >= 4 is 56.7 Å². The highest BCUT2D eigenvalue weighted by Gasteiger charge is 2.41. The maximum atomic E-state index is 12.4. The maximum Gasteiger partial charge on any atom is 0.307 e. The summed E-state index contributed by atoms with van der Waals surface area (Å²) < 4.78 is 0.702. The van der Waals surface area contributed by atoms with Gasteiger partial charge in [0.15, 0.2) is 0 Å². The molecule has 1 aromatic rings. The van der Waals surface area contributed by atoms with E-state index in [1.54, 1.807) is 12.1 Å². The zero-order valence-corrected chi connectivity index (χ0v) is 14.3. The molecule has 7 heteroatoms. The first-order chi connectivity index (χ1) is 9.79. The van der Waals surface area contributed by atoms with E-state index in [0.717, 1.165) is 0 Å². The van der Waals surface area contributed by atoms with E-state index in [1.165, 1.54) is 0 Å². The maximum absolute atomic E-state index is 12.4. The number of carboxylic acid groups (broad SMARTS) is 1. The van der Waals surface area contributed by atoms with Crippen molar-refractivity contribution in [2.24, 2.45) is 17.8 Å². The van der Waals surface area contributed by atoms with Gasteiger partial charge in [0.2, 0.25) is 5.91 Å². The van der Waals surface area contributed by atoms with Gasteiger partial charge in [0.25, 0.3) is 0 Å². The molecule has 1 amide bonds. The minimum atomic E-state index is -0.937. The third-order valence-corrected chi connectivity index (χ3v) is 4.76. The van der Waals surface area contributed by atoms with E-state index in [2.05, 4.69) is 21.2 Å². The zero-order chi connectivity index (χ0) is 15.7. The number of hydrogen-bond donors (Lipinski definition) is 2. The summed E-state index contributed by atoms with van der Waals surface area (Å²) >= 11 is 15.4. The highest BCUT2D eigenvalue weighted by Crippen LogP contribution is 2.39. The van der Waals surface area contributed by atoms with Gasteiger partial charge in [-0.3, -0.25) is 9.59 Å². The second kappa shape index (κ2) is 6.55. The molecule has 0 aromatic heterocycles. The predicted octanol–water partition coefficient (Wildman–Crippen LogP) is 4.44. The molecule has 114 valence electrons. The van der Waals surface area contributed by atoms with E-state index < -0.39 is 17.8 Å². The summed E-state index contributed by atoms with van der Waals surface area (Å²) in [5.41, 5.74) is 0.315. The fourth-order valence-corrected chi connectivity index (χ4v) is 4.03. The van der Waals surface area contributed by atoms with E-state index in [9.17, 15) is 14.7 Å². The summed E-state index contributed by atoms with van der Waals surface area (Å²) in [5, 5.41) is 12.5. The summed E-state index contributed by atoms with van der Waals surface area (Å²) in [6.07, 6.45) is 1.06. The smallest absolute Gasteiger partial charge is 0.307 e. The van der Waals surface area contributed by atoms with Gasteiger partial charge in [0, 0.05) is 4.47 Å². The van der Waals surface area contributed by atoms with Crippen molar-refractivity contribution in [1.29, 1.82) is 0 Å². The second-order valence-electron chi connectivity index (χ2n) is 5.36. The third-order valence-electron chi connectivity index (χ3n) is 3.71. The van der Waals surface area contributed by atoms with Crippen molar-refractivity contribution in [3.63, 3.8) is 0 Å². The summed E-state index contributed by atoms with van der Waals surface area (Å²) in [7, 11) is 0. The van der Waals surface area contributed by atoms with Gasteiger partial charge in [-0.05, 0) is 30.9 Å². The molecule has 1 fully saturated rings. The number of benzene rings is 1. The lowest BCUT2D eigenvalue weighted by molar-refractivity contribution is -0.145. The highest BCUT2D eigenvalue weighted by atomic mass is 79.9. The SMILES string of the molecule is CC1C[C@H](C(=O)Nc2c(Cl)cc(Br)cc2Cl)[C@H](C(=O)O)C1. The van der Waals surface area contributed by atoms with Crippen LogP contribution in [0, 0.1) is 17.8 Å². The van der Waals surface area contributed by atoms with Crippen LogP contribution in [0.25, 0.3) is 0 Å². The summed E-state index contributed by atoms with van der Waals surface area (Å²) in [5.74, 6) is -2.30. The minimum absolute atomic E-state index is 0.206. The van der Waals surface area contributed by atoms with Crippen LogP contribution in [0.15, 0.2) is 16.6 Å². The van der Waals surface area contributed by atoms with E-state index in [4.69, 9.17) is 23.2 Å². The Balaban J connectivity index is 2.20. The largest absolute Gasteiger partial charge is 0.481 e. The molecular formula is C14H14BrCl2NO3. The number of carboxylic acids is 1. The lowest BCUT2D eigenvalue weighted by Gasteiger charge is -2.17. The lowest BCUT2D eigenvalue weighted by Crippen LogP contribution is -2.30. The number of nitrogens with one attached hydrogen (secondary N) is 1. The van der Waals surface area contributed by atoms with Gasteiger partial charge >= 0.3 is 5.97 Å². The van der Waals surface area contributed by atoms with Crippen molar-refractivity contribution in [3.8, 4) is 0 Å². The first kappa shape index (κ1) is 16.6. The number of carbonyl (C=O) groups is 2.